The van der Waals surface area contributed by atoms with Crippen LogP contribution in [0.3, 0.4) is 0 Å². The minimum absolute atomic E-state index is 0.00676. The first-order valence-corrected chi connectivity index (χ1v) is 8.70. The summed E-state index contributed by atoms with van der Waals surface area (Å²) in [5.74, 6) is 2.31. The first-order valence-electron chi connectivity index (χ1n) is 6.06. The smallest absolute Gasteiger partial charge is 0.240 e. The van der Waals surface area contributed by atoms with Crippen molar-refractivity contribution in [3.05, 3.63) is 18.2 Å². The molecule has 3 N–H and O–H groups in total. The number of thioether (sulfide) groups is 1. The van der Waals surface area contributed by atoms with Crippen LogP contribution in [0.2, 0.25) is 0 Å². The average molecular weight is 302 g/mol. The highest BCUT2D eigenvalue weighted by Crippen LogP contribution is 2.25. The molecule has 1 heterocycles. The Morgan fingerprint density at radius 2 is 2.26 bits per heavy atom. The molecule has 1 aliphatic rings. The second kappa shape index (κ2) is 6.02. The van der Waals surface area contributed by atoms with Crippen molar-refractivity contribution in [2.45, 2.75) is 23.8 Å². The second-order valence-corrected chi connectivity index (χ2v) is 7.30. The van der Waals surface area contributed by atoms with Gasteiger partial charge in [-0.15, -0.1) is 0 Å². The molecule has 1 atom stereocenters. The van der Waals surface area contributed by atoms with Crippen LogP contribution in [-0.4, -0.2) is 33.1 Å². The maximum atomic E-state index is 12.3. The van der Waals surface area contributed by atoms with E-state index in [2.05, 4.69) is 4.72 Å². The Hall–Kier alpha value is -0.920. The monoisotopic (exact) mass is 302 g/mol. The lowest BCUT2D eigenvalue weighted by molar-refractivity contribution is 0.415. The Labute approximate surface area is 118 Å². The number of methoxy groups -OCH3 is 1. The second-order valence-electron chi connectivity index (χ2n) is 4.44. The van der Waals surface area contributed by atoms with Crippen LogP contribution >= 0.6 is 11.8 Å². The van der Waals surface area contributed by atoms with Gasteiger partial charge in [0.05, 0.1) is 17.7 Å². The first kappa shape index (κ1) is 14.5. The number of anilines is 1. The minimum atomic E-state index is -3.51. The molecule has 0 amide bonds. The molecule has 2 rings (SSSR count). The Morgan fingerprint density at radius 3 is 2.89 bits per heavy atom. The molecule has 0 radical (unpaired) electrons. The van der Waals surface area contributed by atoms with Gasteiger partial charge in [0.2, 0.25) is 10.0 Å². The van der Waals surface area contributed by atoms with Crippen LogP contribution in [0.5, 0.6) is 5.75 Å². The number of hydrogen-bond donors (Lipinski definition) is 2. The number of hydrogen-bond acceptors (Lipinski definition) is 5. The van der Waals surface area contributed by atoms with E-state index in [4.69, 9.17) is 10.5 Å². The molecule has 0 bridgehead atoms. The van der Waals surface area contributed by atoms with Gasteiger partial charge < -0.3 is 10.5 Å². The van der Waals surface area contributed by atoms with E-state index < -0.39 is 10.0 Å². The summed E-state index contributed by atoms with van der Waals surface area (Å²) in [5, 5.41) is 0. The van der Waals surface area contributed by atoms with E-state index in [1.807, 2.05) is 0 Å². The molecule has 1 aromatic carbocycles. The van der Waals surface area contributed by atoms with Gasteiger partial charge in [0.1, 0.15) is 5.75 Å². The number of sulfonamides is 1. The summed E-state index contributed by atoms with van der Waals surface area (Å²) in [6.07, 6.45) is 1.93. The largest absolute Gasteiger partial charge is 0.495 e. The molecule has 0 aromatic heterocycles. The van der Waals surface area contributed by atoms with E-state index in [0.29, 0.717) is 11.4 Å². The van der Waals surface area contributed by atoms with Crippen molar-refractivity contribution in [2.75, 3.05) is 24.3 Å². The molecule has 5 nitrogen and oxygen atoms in total. The zero-order valence-electron chi connectivity index (χ0n) is 10.8. The lowest BCUT2D eigenvalue weighted by Crippen LogP contribution is -2.38. The summed E-state index contributed by atoms with van der Waals surface area (Å²) in [7, 11) is -2.04. The number of benzene rings is 1. The molecule has 1 fully saturated rings. The number of nitrogens with two attached hydrogens (primary N) is 1. The maximum Gasteiger partial charge on any atom is 0.240 e. The Balaban J connectivity index is 2.18. The Kier molecular flexibility index (Phi) is 4.59. The van der Waals surface area contributed by atoms with Crippen LogP contribution in [-0.2, 0) is 10.0 Å². The topological polar surface area (TPSA) is 81.4 Å². The maximum absolute atomic E-state index is 12.3. The quantitative estimate of drug-likeness (QED) is 0.823. The van der Waals surface area contributed by atoms with Gasteiger partial charge in [-0.25, -0.2) is 13.1 Å². The van der Waals surface area contributed by atoms with E-state index in [1.54, 1.807) is 17.8 Å². The molecule has 1 aliphatic heterocycles. The molecular formula is C12H18N2O3S2. The molecule has 0 aliphatic carbocycles. The molecule has 106 valence electrons. The minimum Gasteiger partial charge on any atom is -0.495 e. The van der Waals surface area contributed by atoms with Crippen molar-refractivity contribution >= 4 is 27.5 Å². The van der Waals surface area contributed by atoms with Gasteiger partial charge in [-0.3, -0.25) is 0 Å². The zero-order valence-corrected chi connectivity index (χ0v) is 12.4. The number of nitrogens with one attached hydrogen (secondary N) is 1. The van der Waals surface area contributed by atoms with Crippen LogP contribution in [0, 0.1) is 0 Å². The van der Waals surface area contributed by atoms with E-state index in [-0.39, 0.29) is 10.9 Å². The summed E-state index contributed by atoms with van der Waals surface area (Å²) < 4.78 is 32.3. The number of nitrogen functional groups attached to an aromatic ring is 1. The molecular weight excluding hydrogens is 284 g/mol. The number of rotatable bonds is 4. The molecule has 1 saturated heterocycles. The Morgan fingerprint density at radius 1 is 1.47 bits per heavy atom. The highest BCUT2D eigenvalue weighted by atomic mass is 32.2. The molecule has 0 spiro atoms. The van der Waals surface area contributed by atoms with Gasteiger partial charge in [0.25, 0.3) is 0 Å². The van der Waals surface area contributed by atoms with Crippen LogP contribution in [0.15, 0.2) is 23.1 Å². The summed E-state index contributed by atoms with van der Waals surface area (Å²) in [5.41, 5.74) is 6.11. The molecule has 1 aromatic rings. The van der Waals surface area contributed by atoms with Crippen LogP contribution < -0.4 is 15.2 Å². The molecule has 1 unspecified atom stereocenters. The van der Waals surface area contributed by atoms with Gasteiger partial charge in [0, 0.05) is 17.9 Å². The third-order valence-electron chi connectivity index (χ3n) is 3.00. The molecule has 0 saturated carbocycles. The lowest BCUT2D eigenvalue weighted by Gasteiger charge is -2.22. The third-order valence-corrected chi connectivity index (χ3v) is 5.73. The highest BCUT2D eigenvalue weighted by Gasteiger charge is 2.22. The van der Waals surface area contributed by atoms with Gasteiger partial charge in [-0.1, -0.05) is 0 Å². The van der Waals surface area contributed by atoms with Crippen molar-refractivity contribution in [1.29, 1.82) is 0 Å². The fourth-order valence-electron chi connectivity index (χ4n) is 1.98. The fraction of sp³-hybridized carbons (Fsp3) is 0.500. The van der Waals surface area contributed by atoms with Crippen molar-refractivity contribution in [3.8, 4) is 5.75 Å². The van der Waals surface area contributed by atoms with Gasteiger partial charge in [-0.2, -0.15) is 11.8 Å². The van der Waals surface area contributed by atoms with E-state index >= 15 is 0 Å². The van der Waals surface area contributed by atoms with Gasteiger partial charge in [-0.05, 0) is 30.7 Å². The van der Waals surface area contributed by atoms with E-state index in [9.17, 15) is 8.42 Å². The summed E-state index contributed by atoms with van der Waals surface area (Å²) >= 11 is 1.78. The highest BCUT2D eigenvalue weighted by molar-refractivity contribution is 7.99. The average Bonchev–Trinajstić information content (AvgIpc) is 2.39. The van der Waals surface area contributed by atoms with Crippen LogP contribution in [0.1, 0.15) is 12.8 Å². The summed E-state index contributed by atoms with van der Waals surface area (Å²) in [4.78, 5) is 0.189. The molecule has 7 heteroatoms. The normalized spacial score (nSPS) is 20.2. The van der Waals surface area contributed by atoms with Crippen molar-refractivity contribution in [3.63, 3.8) is 0 Å². The predicted molar refractivity (Wildman–Crippen MR) is 78.1 cm³/mol. The predicted octanol–water partition coefficient (Wildman–Crippen LogP) is 1.45. The summed E-state index contributed by atoms with van der Waals surface area (Å²) in [6, 6.07) is 4.50. The SMILES string of the molecule is COc1cc(S(=O)(=O)NC2CCCSC2)ccc1N. The third kappa shape index (κ3) is 3.55. The van der Waals surface area contributed by atoms with E-state index in [1.165, 1.54) is 19.2 Å². The zero-order chi connectivity index (χ0) is 13.9. The Bertz CT molecular complexity index is 540. The fourth-order valence-corrected chi connectivity index (χ4v) is 4.44. The number of ether oxygens (including phenoxy) is 1. The summed E-state index contributed by atoms with van der Waals surface area (Å²) in [6.45, 7) is 0. The molecule has 19 heavy (non-hydrogen) atoms. The van der Waals surface area contributed by atoms with Gasteiger partial charge in [0.15, 0.2) is 0 Å². The van der Waals surface area contributed by atoms with Crippen LogP contribution in [0.4, 0.5) is 5.69 Å². The first-order chi connectivity index (χ1) is 9.03. The van der Waals surface area contributed by atoms with Crippen molar-refractivity contribution in [2.24, 2.45) is 0 Å². The standard InChI is InChI=1S/C12H18N2O3S2/c1-17-12-7-10(4-5-11(12)13)19(15,16)14-9-3-2-6-18-8-9/h4-5,7,9,14H,2-3,6,8,13H2,1H3. The lowest BCUT2D eigenvalue weighted by atomic mass is 10.2. The van der Waals surface area contributed by atoms with Crippen molar-refractivity contribution in [1.82, 2.24) is 4.72 Å². The van der Waals surface area contributed by atoms with E-state index in [0.717, 1.165) is 24.3 Å². The van der Waals surface area contributed by atoms with Crippen molar-refractivity contribution < 1.29 is 13.2 Å². The van der Waals surface area contributed by atoms with Gasteiger partial charge >= 0.3 is 0 Å². The van der Waals surface area contributed by atoms with Crippen LogP contribution in [0.25, 0.3) is 0 Å².